The Morgan fingerprint density at radius 3 is 2.55 bits per heavy atom. The highest BCUT2D eigenvalue weighted by molar-refractivity contribution is 7.80. The first kappa shape index (κ1) is 19.8. The molecule has 2 aliphatic rings. The Balaban J connectivity index is 1.51. The molecule has 1 fully saturated rings. The van der Waals surface area contributed by atoms with Gasteiger partial charge in [0.2, 0.25) is 5.95 Å². The van der Waals surface area contributed by atoms with Crippen molar-refractivity contribution in [2.45, 2.75) is 38.2 Å². The van der Waals surface area contributed by atoms with Crippen LogP contribution in [-0.4, -0.2) is 34.3 Å². The van der Waals surface area contributed by atoms with Gasteiger partial charge >= 0.3 is 6.18 Å². The van der Waals surface area contributed by atoms with Gasteiger partial charge in [-0.25, -0.2) is 4.98 Å². The smallest absolute Gasteiger partial charge is 0.376 e. The first-order valence-electron chi connectivity index (χ1n) is 9.33. The minimum Gasteiger partial charge on any atom is -0.376 e. The van der Waals surface area contributed by atoms with E-state index in [1.54, 1.807) is 4.90 Å². The van der Waals surface area contributed by atoms with Gasteiger partial charge in [0, 0.05) is 32.3 Å². The van der Waals surface area contributed by atoms with E-state index >= 15 is 0 Å². The number of ether oxygens (including phenoxy) is 1. The van der Waals surface area contributed by atoms with Gasteiger partial charge in [-0.2, -0.15) is 18.2 Å². The highest BCUT2D eigenvalue weighted by Gasteiger charge is 2.35. The summed E-state index contributed by atoms with van der Waals surface area (Å²) in [5.74, 6) is 0.0172. The summed E-state index contributed by atoms with van der Waals surface area (Å²) in [6.45, 7) is 2.18. The number of hydrogen-bond acceptors (Lipinski definition) is 5. The third-order valence-electron chi connectivity index (χ3n) is 4.91. The number of rotatable bonds is 4. The third-order valence-corrected chi connectivity index (χ3v) is 5.15. The Bertz CT molecular complexity index is 877. The highest BCUT2D eigenvalue weighted by atomic mass is 32.1. The molecule has 2 aromatic rings. The Morgan fingerprint density at radius 2 is 1.93 bits per heavy atom. The van der Waals surface area contributed by atoms with Crippen molar-refractivity contribution < 1.29 is 17.9 Å². The Labute approximate surface area is 171 Å². The van der Waals surface area contributed by atoms with Crippen molar-refractivity contribution in [2.24, 2.45) is 0 Å². The van der Waals surface area contributed by atoms with Crippen LogP contribution in [0.1, 0.15) is 29.7 Å². The lowest BCUT2D eigenvalue weighted by atomic mass is 10.1. The van der Waals surface area contributed by atoms with Crippen LogP contribution in [0.4, 0.5) is 24.9 Å². The van der Waals surface area contributed by atoms with E-state index in [4.69, 9.17) is 17.0 Å². The molecule has 1 saturated heterocycles. The minimum atomic E-state index is -4.59. The molecule has 0 saturated carbocycles. The van der Waals surface area contributed by atoms with E-state index < -0.39 is 11.9 Å². The van der Waals surface area contributed by atoms with Gasteiger partial charge in [-0.15, -0.1) is 0 Å². The highest BCUT2D eigenvalue weighted by Crippen LogP contribution is 2.33. The number of nitrogens with one attached hydrogen (secondary N) is 2. The van der Waals surface area contributed by atoms with Crippen LogP contribution >= 0.6 is 12.2 Å². The van der Waals surface area contributed by atoms with Crippen LogP contribution in [0, 0.1) is 0 Å². The van der Waals surface area contributed by atoms with Crippen LogP contribution in [0.3, 0.4) is 0 Å². The number of benzene rings is 1. The van der Waals surface area contributed by atoms with Crippen LogP contribution in [-0.2, 0) is 24.0 Å². The summed E-state index contributed by atoms with van der Waals surface area (Å²) in [6.07, 6.45) is -2.62. The zero-order chi connectivity index (χ0) is 20.4. The van der Waals surface area contributed by atoms with E-state index in [0.717, 1.165) is 30.0 Å². The number of alkyl halides is 3. The maximum absolute atomic E-state index is 13.4. The maximum Gasteiger partial charge on any atom is 0.433 e. The maximum atomic E-state index is 13.4. The van der Waals surface area contributed by atoms with Crippen LogP contribution in [0.25, 0.3) is 0 Å². The lowest BCUT2D eigenvalue weighted by Crippen LogP contribution is -2.35. The van der Waals surface area contributed by atoms with E-state index in [0.29, 0.717) is 26.2 Å². The molecular weight excluding hydrogens is 403 g/mol. The molecule has 4 rings (SSSR count). The van der Waals surface area contributed by atoms with Crippen molar-refractivity contribution in [1.82, 2.24) is 15.3 Å². The number of aromatic nitrogens is 2. The molecular formula is C19H20F3N5OS. The summed E-state index contributed by atoms with van der Waals surface area (Å²) in [5, 5.41) is 5.80. The van der Waals surface area contributed by atoms with Gasteiger partial charge in [-0.05, 0) is 36.2 Å². The summed E-state index contributed by atoms with van der Waals surface area (Å²) in [7, 11) is 0. The minimum absolute atomic E-state index is 0.0517. The van der Waals surface area contributed by atoms with Crippen LogP contribution in [0.5, 0.6) is 0 Å². The first-order valence-corrected chi connectivity index (χ1v) is 9.74. The molecule has 0 amide bonds. The predicted molar refractivity (Wildman–Crippen MR) is 107 cm³/mol. The fraction of sp³-hybridized carbons (Fsp3) is 0.421. The summed E-state index contributed by atoms with van der Waals surface area (Å²) in [6, 6.07) is 8.72. The molecule has 29 heavy (non-hydrogen) atoms. The topological polar surface area (TPSA) is 62.3 Å². The average Bonchev–Trinajstić information content (AvgIpc) is 3.35. The van der Waals surface area contributed by atoms with Crippen molar-refractivity contribution in [3.8, 4) is 0 Å². The molecule has 1 aromatic heterocycles. The number of anilines is 2. The van der Waals surface area contributed by atoms with Crippen molar-refractivity contribution in [1.29, 1.82) is 0 Å². The molecule has 3 heterocycles. The van der Waals surface area contributed by atoms with Gasteiger partial charge in [-0.3, -0.25) is 0 Å². The average molecular weight is 423 g/mol. The molecule has 2 aliphatic heterocycles. The summed E-state index contributed by atoms with van der Waals surface area (Å²) < 4.78 is 45.7. The molecule has 0 aliphatic carbocycles. The van der Waals surface area contributed by atoms with Crippen LogP contribution in [0.15, 0.2) is 30.3 Å². The largest absolute Gasteiger partial charge is 0.433 e. The summed E-state index contributed by atoms with van der Waals surface area (Å²) in [4.78, 5) is 9.68. The van der Waals surface area contributed by atoms with Crippen molar-refractivity contribution in [3.05, 3.63) is 47.2 Å². The quantitative estimate of drug-likeness (QED) is 0.730. The fourth-order valence-corrected chi connectivity index (χ4v) is 3.62. The molecule has 0 radical (unpaired) electrons. The lowest BCUT2D eigenvalue weighted by molar-refractivity contribution is -0.141. The molecule has 2 N–H and O–H groups in total. The predicted octanol–water partition coefficient (Wildman–Crippen LogP) is 3.48. The Morgan fingerprint density at radius 1 is 1.21 bits per heavy atom. The first-order chi connectivity index (χ1) is 13.9. The molecule has 6 nitrogen and oxygen atoms in total. The molecule has 1 atom stereocenters. The summed E-state index contributed by atoms with van der Waals surface area (Å²) >= 11 is 5.19. The van der Waals surface area contributed by atoms with Gasteiger partial charge < -0.3 is 20.3 Å². The number of fused-ring (bicyclic) bond motifs is 1. The van der Waals surface area contributed by atoms with Crippen molar-refractivity contribution >= 4 is 29.1 Å². The number of halogens is 3. The zero-order valence-electron chi connectivity index (χ0n) is 15.5. The third kappa shape index (κ3) is 4.76. The van der Waals surface area contributed by atoms with E-state index in [2.05, 4.69) is 20.6 Å². The zero-order valence-corrected chi connectivity index (χ0v) is 16.3. The van der Waals surface area contributed by atoms with Crippen LogP contribution < -0.4 is 15.5 Å². The Kier molecular flexibility index (Phi) is 5.55. The van der Waals surface area contributed by atoms with Crippen molar-refractivity contribution in [3.63, 3.8) is 0 Å². The number of thiocarbonyl (C=S) groups is 1. The van der Waals surface area contributed by atoms with Crippen LogP contribution in [0.2, 0.25) is 0 Å². The second-order valence-electron chi connectivity index (χ2n) is 7.03. The standard InChI is InChI=1S/C19H20F3N5OS/c20-19(21,22)15-8-16(27-10-12-4-1-2-5-13(12)11-27)25-17(24-15)26-18(29)23-9-14-6-3-7-28-14/h1-2,4-5,8,14H,3,6-7,9-11H2,(H2,23,24,25,26,29). The van der Waals surface area contributed by atoms with Crippen molar-refractivity contribution in [2.75, 3.05) is 23.4 Å². The molecule has 154 valence electrons. The monoisotopic (exact) mass is 423 g/mol. The normalized spacial score (nSPS) is 18.6. The second kappa shape index (κ2) is 8.11. The molecule has 10 heteroatoms. The van der Waals surface area contributed by atoms with Gasteiger partial charge in [0.1, 0.15) is 5.82 Å². The second-order valence-corrected chi connectivity index (χ2v) is 7.44. The number of nitrogens with zero attached hydrogens (tertiary/aromatic N) is 3. The van der Waals surface area contributed by atoms with E-state index in [1.165, 1.54) is 0 Å². The lowest BCUT2D eigenvalue weighted by Gasteiger charge is -2.20. The van der Waals surface area contributed by atoms with E-state index in [1.807, 2.05) is 24.3 Å². The van der Waals surface area contributed by atoms with Gasteiger partial charge in [0.25, 0.3) is 0 Å². The van der Waals surface area contributed by atoms with E-state index in [9.17, 15) is 13.2 Å². The molecule has 1 unspecified atom stereocenters. The van der Waals surface area contributed by atoms with Gasteiger partial charge in [0.15, 0.2) is 10.8 Å². The fourth-order valence-electron chi connectivity index (χ4n) is 3.45. The molecule has 0 bridgehead atoms. The molecule has 0 spiro atoms. The van der Waals surface area contributed by atoms with Gasteiger partial charge in [0.05, 0.1) is 6.10 Å². The SMILES string of the molecule is FC(F)(F)c1cc(N2Cc3ccccc3C2)nc(NC(=S)NCC2CCCO2)n1. The molecule has 1 aromatic carbocycles. The Hall–Kier alpha value is -2.46. The number of hydrogen-bond donors (Lipinski definition) is 2. The summed E-state index contributed by atoms with van der Waals surface area (Å²) in [5.41, 5.74) is 1.13. The van der Waals surface area contributed by atoms with Gasteiger partial charge in [-0.1, -0.05) is 24.3 Å². The van der Waals surface area contributed by atoms with E-state index in [-0.39, 0.29) is 23.0 Å².